The number of rotatable bonds is 8. The Morgan fingerprint density at radius 1 is 1.19 bits per heavy atom. The van der Waals surface area contributed by atoms with Gasteiger partial charge in [-0.05, 0) is 24.6 Å². The Morgan fingerprint density at radius 2 is 1.97 bits per heavy atom. The molecule has 6 nitrogen and oxygen atoms in total. The van der Waals surface area contributed by atoms with Crippen LogP contribution in [0.15, 0.2) is 69.4 Å². The third-order valence-corrected chi connectivity index (χ3v) is 6.81. The maximum Gasteiger partial charge on any atom is 0.268 e. The van der Waals surface area contributed by atoms with Gasteiger partial charge in [-0.3, -0.25) is 14.2 Å². The molecule has 2 aromatic carbocycles. The first-order valence-electron chi connectivity index (χ1n) is 10.1. The Kier molecular flexibility index (Phi) is 6.99. The quantitative estimate of drug-likeness (QED) is 0.409. The predicted octanol–water partition coefficient (Wildman–Crippen LogP) is 4.07. The minimum absolute atomic E-state index is 0.0269. The lowest BCUT2D eigenvalue weighted by molar-refractivity contribution is -0.113. The monoisotopic (exact) mass is 453 g/mol. The number of hydrogen-bond donors (Lipinski definition) is 1. The minimum atomic E-state index is -0.174. The van der Waals surface area contributed by atoms with Gasteiger partial charge in [-0.15, -0.1) is 11.8 Å². The van der Waals surface area contributed by atoms with E-state index in [0.717, 1.165) is 28.3 Å². The molecule has 8 heteroatoms. The Bertz CT molecular complexity index is 1130. The zero-order valence-electron chi connectivity index (χ0n) is 17.2. The fourth-order valence-electron chi connectivity index (χ4n) is 3.31. The molecule has 1 aliphatic rings. The molecule has 0 saturated heterocycles. The third kappa shape index (κ3) is 5.14. The second kappa shape index (κ2) is 10.1. The Morgan fingerprint density at radius 3 is 2.77 bits per heavy atom. The number of benzene rings is 2. The van der Waals surface area contributed by atoms with E-state index in [4.69, 9.17) is 9.72 Å². The molecule has 0 atom stereocenters. The van der Waals surface area contributed by atoms with Gasteiger partial charge in [-0.25, -0.2) is 4.98 Å². The first-order chi connectivity index (χ1) is 15.2. The van der Waals surface area contributed by atoms with Crippen molar-refractivity contribution in [1.29, 1.82) is 0 Å². The minimum Gasteiger partial charge on any atom is -0.492 e. The average molecular weight is 454 g/mol. The molecule has 2 heterocycles. The lowest BCUT2D eigenvalue weighted by atomic mass is 10.2. The van der Waals surface area contributed by atoms with E-state index < -0.39 is 0 Å². The van der Waals surface area contributed by atoms with Crippen LogP contribution in [0.3, 0.4) is 0 Å². The zero-order chi connectivity index (χ0) is 21.6. The van der Waals surface area contributed by atoms with Crippen LogP contribution in [0.1, 0.15) is 18.2 Å². The van der Waals surface area contributed by atoms with Crippen LogP contribution >= 0.6 is 23.5 Å². The number of aromatic nitrogens is 2. The molecule has 4 rings (SSSR count). The highest BCUT2D eigenvalue weighted by Crippen LogP contribution is 2.29. The SMILES string of the molecule is CCOc1ccccc1NC(=O)CSc1nc2c(c(=O)n1Cc1ccccc1)SCC2. The van der Waals surface area contributed by atoms with Gasteiger partial charge in [0.2, 0.25) is 5.91 Å². The van der Waals surface area contributed by atoms with E-state index in [1.54, 1.807) is 16.3 Å². The molecule has 0 unspecified atom stereocenters. The summed E-state index contributed by atoms with van der Waals surface area (Å²) in [6.45, 7) is 2.85. The van der Waals surface area contributed by atoms with E-state index in [-0.39, 0.29) is 17.2 Å². The Labute approximate surface area is 189 Å². The second-order valence-electron chi connectivity index (χ2n) is 6.91. The van der Waals surface area contributed by atoms with Gasteiger partial charge in [0.15, 0.2) is 5.16 Å². The van der Waals surface area contributed by atoms with E-state index >= 15 is 0 Å². The van der Waals surface area contributed by atoms with E-state index in [1.807, 2.05) is 61.5 Å². The molecule has 160 valence electrons. The Hall–Kier alpha value is -2.71. The topological polar surface area (TPSA) is 73.2 Å². The summed E-state index contributed by atoms with van der Waals surface area (Å²) in [6.07, 6.45) is 0.781. The molecule has 3 aromatic rings. The molecule has 0 saturated carbocycles. The molecular weight excluding hydrogens is 430 g/mol. The van der Waals surface area contributed by atoms with E-state index in [1.165, 1.54) is 11.8 Å². The van der Waals surface area contributed by atoms with Crippen LogP contribution in [0, 0.1) is 0 Å². The van der Waals surface area contributed by atoms with Crippen LogP contribution in [-0.4, -0.2) is 33.6 Å². The molecule has 1 N–H and O–H groups in total. The van der Waals surface area contributed by atoms with Crippen molar-refractivity contribution in [3.05, 3.63) is 76.2 Å². The number of carbonyl (C=O) groups excluding carboxylic acids is 1. The van der Waals surface area contributed by atoms with Gasteiger partial charge in [0, 0.05) is 12.2 Å². The summed E-state index contributed by atoms with van der Waals surface area (Å²) < 4.78 is 7.25. The largest absolute Gasteiger partial charge is 0.492 e. The molecule has 0 spiro atoms. The first kappa shape index (κ1) is 21.5. The summed E-state index contributed by atoms with van der Waals surface area (Å²) in [4.78, 5) is 31.2. The van der Waals surface area contributed by atoms with Gasteiger partial charge < -0.3 is 10.1 Å². The van der Waals surface area contributed by atoms with Crippen molar-refractivity contribution in [1.82, 2.24) is 9.55 Å². The number of carbonyl (C=O) groups is 1. The van der Waals surface area contributed by atoms with Gasteiger partial charge in [-0.2, -0.15) is 0 Å². The lowest BCUT2D eigenvalue weighted by Gasteiger charge is -2.14. The predicted molar refractivity (Wildman–Crippen MR) is 125 cm³/mol. The van der Waals surface area contributed by atoms with Gasteiger partial charge in [0.25, 0.3) is 5.56 Å². The second-order valence-corrected chi connectivity index (χ2v) is 8.96. The summed E-state index contributed by atoms with van der Waals surface area (Å²) in [5.41, 5.74) is 2.46. The third-order valence-electron chi connectivity index (χ3n) is 4.73. The van der Waals surface area contributed by atoms with Crippen LogP contribution in [0.5, 0.6) is 5.75 Å². The number of para-hydroxylation sites is 2. The van der Waals surface area contributed by atoms with Gasteiger partial charge in [-0.1, -0.05) is 54.2 Å². The summed E-state index contributed by atoms with van der Waals surface area (Å²) in [5, 5.41) is 3.47. The van der Waals surface area contributed by atoms with Gasteiger partial charge in [0.05, 0.1) is 35.2 Å². The van der Waals surface area contributed by atoms with Crippen LogP contribution in [0.4, 0.5) is 5.69 Å². The summed E-state index contributed by atoms with van der Waals surface area (Å²) in [5.74, 6) is 1.48. The van der Waals surface area contributed by atoms with Crippen molar-refractivity contribution in [2.45, 2.75) is 29.9 Å². The van der Waals surface area contributed by atoms with Gasteiger partial charge in [0.1, 0.15) is 5.75 Å². The number of aryl methyl sites for hydroxylation is 1. The maximum atomic E-state index is 13.1. The number of thioether (sulfide) groups is 2. The summed E-state index contributed by atoms with van der Waals surface area (Å²) >= 11 is 2.84. The lowest BCUT2D eigenvalue weighted by Crippen LogP contribution is -2.26. The molecule has 31 heavy (non-hydrogen) atoms. The fraction of sp³-hybridized carbons (Fsp3) is 0.261. The van der Waals surface area contributed by atoms with E-state index in [2.05, 4.69) is 5.32 Å². The van der Waals surface area contributed by atoms with Crippen molar-refractivity contribution in [2.24, 2.45) is 0 Å². The molecular formula is C23H23N3O3S2. The fourth-order valence-corrected chi connectivity index (χ4v) is 5.16. The number of ether oxygens (including phenoxy) is 1. The maximum absolute atomic E-state index is 13.1. The van der Waals surface area contributed by atoms with Crippen molar-refractivity contribution in [3.8, 4) is 5.75 Å². The number of fused-ring (bicyclic) bond motifs is 1. The number of nitrogens with one attached hydrogen (secondary N) is 1. The first-order valence-corrected chi connectivity index (χ1v) is 12.1. The van der Waals surface area contributed by atoms with Crippen molar-refractivity contribution in [3.63, 3.8) is 0 Å². The highest BCUT2D eigenvalue weighted by Gasteiger charge is 2.22. The number of amides is 1. The van der Waals surface area contributed by atoms with Crippen molar-refractivity contribution in [2.75, 3.05) is 23.4 Å². The Balaban J connectivity index is 1.53. The van der Waals surface area contributed by atoms with Crippen LogP contribution in [-0.2, 0) is 17.8 Å². The normalized spacial score (nSPS) is 12.4. The standard InChI is InChI=1S/C23H23N3O3S2/c1-2-29-19-11-7-6-10-17(19)24-20(27)15-31-23-25-18-12-13-30-21(18)22(28)26(23)14-16-8-4-3-5-9-16/h3-11H,2,12-15H2,1H3,(H,24,27). The zero-order valence-corrected chi connectivity index (χ0v) is 18.8. The summed E-state index contributed by atoms with van der Waals surface area (Å²) in [7, 11) is 0. The molecule has 1 aromatic heterocycles. The molecule has 1 aliphatic heterocycles. The number of anilines is 1. The highest BCUT2D eigenvalue weighted by atomic mass is 32.2. The number of hydrogen-bond acceptors (Lipinski definition) is 6. The van der Waals surface area contributed by atoms with Crippen molar-refractivity contribution >= 4 is 35.1 Å². The number of nitrogens with zero attached hydrogens (tertiary/aromatic N) is 2. The molecule has 0 fully saturated rings. The van der Waals surface area contributed by atoms with Crippen LogP contribution < -0.4 is 15.6 Å². The van der Waals surface area contributed by atoms with E-state index in [9.17, 15) is 9.59 Å². The smallest absolute Gasteiger partial charge is 0.268 e. The molecule has 0 aliphatic carbocycles. The van der Waals surface area contributed by atoms with Crippen LogP contribution in [0.25, 0.3) is 0 Å². The van der Waals surface area contributed by atoms with E-state index in [0.29, 0.717) is 29.7 Å². The van der Waals surface area contributed by atoms with Crippen molar-refractivity contribution < 1.29 is 9.53 Å². The molecule has 1 amide bonds. The average Bonchev–Trinajstić information content (AvgIpc) is 3.26. The molecule has 0 bridgehead atoms. The highest BCUT2D eigenvalue weighted by molar-refractivity contribution is 8.00. The summed E-state index contributed by atoms with van der Waals surface area (Å²) in [6, 6.07) is 17.2. The molecule has 0 radical (unpaired) electrons. The van der Waals surface area contributed by atoms with Gasteiger partial charge >= 0.3 is 0 Å². The van der Waals surface area contributed by atoms with Crippen LogP contribution in [0.2, 0.25) is 0 Å².